The zero-order valence-electron chi connectivity index (χ0n) is 9.40. The number of rotatable bonds is 3. The third kappa shape index (κ3) is 2.88. The van der Waals surface area contributed by atoms with E-state index in [9.17, 15) is 4.39 Å². The number of anilines is 1. The predicted octanol–water partition coefficient (Wildman–Crippen LogP) is 4.26. The first-order valence-corrected chi connectivity index (χ1v) is 6.16. The fraction of sp³-hybridized carbons (Fsp3) is 0.0714. The van der Waals surface area contributed by atoms with Crippen LogP contribution in [0.2, 0.25) is 0 Å². The van der Waals surface area contributed by atoms with Crippen LogP contribution in [0.1, 0.15) is 11.6 Å². The standard InChI is InChI=1S/C14H10BrFN2/c15-10-4-3-5-11(8-10)18-14(9-17)12-6-1-2-7-13(12)16/h1-8,14,18H. The molecular formula is C14H10BrFN2. The van der Waals surface area contributed by atoms with E-state index in [1.165, 1.54) is 6.07 Å². The zero-order valence-corrected chi connectivity index (χ0v) is 11.0. The number of halogens is 2. The number of hydrogen-bond acceptors (Lipinski definition) is 2. The minimum Gasteiger partial charge on any atom is -0.366 e. The first-order chi connectivity index (χ1) is 8.70. The van der Waals surface area contributed by atoms with Crippen molar-refractivity contribution >= 4 is 21.6 Å². The highest BCUT2D eigenvalue weighted by Crippen LogP contribution is 2.23. The number of nitriles is 1. The summed E-state index contributed by atoms with van der Waals surface area (Å²) in [5.41, 5.74) is 1.11. The van der Waals surface area contributed by atoms with Crippen molar-refractivity contribution in [2.45, 2.75) is 6.04 Å². The van der Waals surface area contributed by atoms with Gasteiger partial charge in [0.25, 0.3) is 0 Å². The Labute approximate surface area is 113 Å². The van der Waals surface area contributed by atoms with Gasteiger partial charge in [0, 0.05) is 15.7 Å². The second kappa shape index (κ2) is 5.65. The van der Waals surface area contributed by atoms with Crippen molar-refractivity contribution in [2.24, 2.45) is 0 Å². The molecule has 0 amide bonds. The van der Waals surface area contributed by atoms with Crippen LogP contribution in [0.3, 0.4) is 0 Å². The lowest BCUT2D eigenvalue weighted by Crippen LogP contribution is -2.10. The monoisotopic (exact) mass is 304 g/mol. The minimum absolute atomic E-state index is 0.347. The van der Waals surface area contributed by atoms with Gasteiger partial charge in [-0.1, -0.05) is 40.2 Å². The maximum atomic E-state index is 13.6. The van der Waals surface area contributed by atoms with Crippen LogP contribution in [0.4, 0.5) is 10.1 Å². The number of hydrogen-bond donors (Lipinski definition) is 1. The van der Waals surface area contributed by atoms with Crippen LogP contribution < -0.4 is 5.32 Å². The highest BCUT2D eigenvalue weighted by molar-refractivity contribution is 9.10. The van der Waals surface area contributed by atoms with Gasteiger partial charge in [0.05, 0.1) is 6.07 Å². The maximum Gasteiger partial charge on any atom is 0.143 e. The average molecular weight is 305 g/mol. The van der Waals surface area contributed by atoms with Gasteiger partial charge < -0.3 is 5.32 Å². The molecule has 2 aromatic rings. The Morgan fingerprint density at radius 1 is 1.17 bits per heavy atom. The predicted molar refractivity (Wildman–Crippen MR) is 72.5 cm³/mol. The van der Waals surface area contributed by atoms with Gasteiger partial charge in [-0.05, 0) is 24.3 Å². The van der Waals surface area contributed by atoms with E-state index < -0.39 is 6.04 Å². The molecule has 1 unspecified atom stereocenters. The normalized spacial score (nSPS) is 11.6. The summed E-state index contributed by atoms with van der Waals surface area (Å²) in [6.45, 7) is 0. The molecule has 0 aromatic heterocycles. The molecule has 0 aliphatic rings. The summed E-state index contributed by atoms with van der Waals surface area (Å²) in [5.74, 6) is -0.383. The highest BCUT2D eigenvalue weighted by Gasteiger charge is 2.14. The van der Waals surface area contributed by atoms with E-state index in [4.69, 9.17) is 5.26 Å². The molecule has 2 nitrogen and oxygen atoms in total. The maximum absolute atomic E-state index is 13.6. The van der Waals surface area contributed by atoms with E-state index >= 15 is 0 Å². The van der Waals surface area contributed by atoms with Gasteiger partial charge in [-0.25, -0.2) is 4.39 Å². The average Bonchev–Trinajstić information content (AvgIpc) is 2.37. The van der Waals surface area contributed by atoms with Crippen LogP contribution in [-0.2, 0) is 0 Å². The van der Waals surface area contributed by atoms with Gasteiger partial charge in [-0.15, -0.1) is 0 Å². The SMILES string of the molecule is N#CC(Nc1cccc(Br)c1)c1ccccc1F. The van der Waals surface area contributed by atoms with Gasteiger partial charge in [0.2, 0.25) is 0 Å². The molecule has 1 N–H and O–H groups in total. The van der Waals surface area contributed by atoms with E-state index in [0.29, 0.717) is 5.56 Å². The Bertz CT molecular complexity index is 592. The zero-order chi connectivity index (χ0) is 13.0. The van der Waals surface area contributed by atoms with Crippen molar-refractivity contribution in [2.75, 3.05) is 5.32 Å². The number of nitrogens with one attached hydrogen (secondary N) is 1. The third-order valence-corrected chi connectivity index (χ3v) is 2.97. The van der Waals surface area contributed by atoms with Crippen molar-refractivity contribution in [3.8, 4) is 6.07 Å². The van der Waals surface area contributed by atoms with Crippen LogP contribution in [0.5, 0.6) is 0 Å². The summed E-state index contributed by atoms with van der Waals surface area (Å²) in [5, 5.41) is 12.1. The first kappa shape index (κ1) is 12.6. The highest BCUT2D eigenvalue weighted by atomic mass is 79.9. The summed E-state index contributed by atoms with van der Waals surface area (Å²) in [6.07, 6.45) is 0. The lowest BCUT2D eigenvalue weighted by molar-refractivity contribution is 0.607. The van der Waals surface area contributed by atoms with Crippen LogP contribution >= 0.6 is 15.9 Å². The largest absolute Gasteiger partial charge is 0.366 e. The first-order valence-electron chi connectivity index (χ1n) is 5.37. The molecule has 0 spiro atoms. The molecule has 18 heavy (non-hydrogen) atoms. The smallest absolute Gasteiger partial charge is 0.143 e. The Hall–Kier alpha value is -1.86. The summed E-state index contributed by atoms with van der Waals surface area (Å²) in [6, 6.07) is 15.0. The van der Waals surface area contributed by atoms with Crippen LogP contribution in [-0.4, -0.2) is 0 Å². The molecular weight excluding hydrogens is 295 g/mol. The van der Waals surface area contributed by atoms with E-state index in [1.807, 2.05) is 24.3 Å². The molecule has 2 rings (SSSR count). The topological polar surface area (TPSA) is 35.8 Å². The van der Waals surface area contributed by atoms with Crippen LogP contribution in [0.25, 0.3) is 0 Å². The second-order valence-electron chi connectivity index (χ2n) is 3.74. The van der Waals surface area contributed by atoms with Crippen molar-refractivity contribution in [3.63, 3.8) is 0 Å². The Balaban J connectivity index is 2.26. The Morgan fingerprint density at radius 2 is 1.94 bits per heavy atom. The molecule has 90 valence electrons. The molecule has 0 bridgehead atoms. The summed E-state index contributed by atoms with van der Waals surface area (Å²) < 4.78 is 14.5. The molecule has 1 atom stereocenters. The quantitative estimate of drug-likeness (QED) is 0.919. The van der Waals surface area contributed by atoms with Gasteiger partial charge >= 0.3 is 0 Å². The molecule has 0 heterocycles. The molecule has 0 aliphatic carbocycles. The molecule has 4 heteroatoms. The van der Waals surface area contributed by atoms with Gasteiger partial charge in [-0.3, -0.25) is 0 Å². The van der Waals surface area contributed by atoms with E-state index in [1.54, 1.807) is 18.2 Å². The van der Waals surface area contributed by atoms with Crippen molar-refractivity contribution in [1.29, 1.82) is 5.26 Å². The van der Waals surface area contributed by atoms with Crippen LogP contribution in [0, 0.1) is 17.1 Å². The molecule has 2 aromatic carbocycles. The summed E-state index contributed by atoms with van der Waals surface area (Å²) >= 11 is 3.35. The fourth-order valence-electron chi connectivity index (χ4n) is 1.63. The van der Waals surface area contributed by atoms with E-state index in [0.717, 1.165) is 10.2 Å². The van der Waals surface area contributed by atoms with Crippen molar-refractivity contribution in [1.82, 2.24) is 0 Å². The second-order valence-corrected chi connectivity index (χ2v) is 4.65. The molecule has 0 aliphatic heterocycles. The molecule has 0 radical (unpaired) electrons. The van der Waals surface area contributed by atoms with Crippen LogP contribution in [0.15, 0.2) is 53.0 Å². The van der Waals surface area contributed by atoms with Gasteiger partial charge in [0.15, 0.2) is 0 Å². The number of nitrogens with zero attached hydrogens (tertiary/aromatic N) is 1. The Kier molecular flexibility index (Phi) is 3.96. The fourth-order valence-corrected chi connectivity index (χ4v) is 2.03. The number of benzene rings is 2. The van der Waals surface area contributed by atoms with Crippen molar-refractivity contribution < 1.29 is 4.39 Å². The lowest BCUT2D eigenvalue weighted by atomic mass is 10.1. The molecule has 0 fully saturated rings. The third-order valence-electron chi connectivity index (χ3n) is 2.48. The summed E-state index contributed by atoms with van der Waals surface area (Å²) in [4.78, 5) is 0. The van der Waals surface area contributed by atoms with Crippen molar-refractivity contribution in [3.05, 3.63) is 64.4 Å². The lowest BCUT2D eigenvalue weighted by Gasteiger charge is -2.14. The summed E-state index contributed by atoms with van der Waals surface area (Å²) in [7, 11) is 0. The van der Waals surface area contributed by atoms with E-state index in [-0.39, 0.29) is 5.82 Å². The Morgan fingerprint density at radius 3 is 2.61 bits per heavy atom. The molecule has 0 saturated carbocycles. The van der Waals surface area contributed by atoms with Gasteiger partial charge in [0.1, 0.15) is 11.9 Å². The minimum atomic E-state index is -0.708. The van der Waals surface area contributed by atoms with E-state index in [2.05, 4.69) is 27.3 Å². The molecule has 0 saturated heterocycles. The van der Waals surface area contributed by atoms with Gasteiger partial charge in [-0.2, -0.15) is 5.26 Å².